The van der Waals surface area contributed by atoms with Gasteiger partial charge in [-0.25, -0.2) is 4.98 Å². The molecule has 8 heteroatoms. The standard InChI is InChI=1S/C29H34N4O4/c1-19-24(32-12-6-5-7-22(32)30-19)26(34)23-25(20-8-10-21(11-9-20)29(2,3)4)33(28(36)27(23)35)14-13-31-15-17-37-18-16-31/h5-12,25,34H,13-18H2,1-4H3/b26-23+/t25-/m0/s1. The Kier molecular flexibility index (Phi) is 6.64. The van der Waals surface area contributed by atoms with Crippen LogP contribution in [0.1, 0.15) is 49.3 Å². The molecule has 8 nitrogen and oxygen atoms in total. The first-order valence-electron chi connectivity index (χ1n) is 12.8. The van der Waals surface area contributed by atoms with E-state index in [2.05, 4.69) is 30.7 Å². The lowest BCUT2D eigenvalue weighted by molar-refractivity contribution is -0.140. The summed E-state index contributed by atoms with van der Waals surface area (Å²) >= 11 is 0. The number of ketones is 1. The van der Waals surface area contributed by atoms with Gasteiger partial charge < -0.3 is 14.7 Å². The van der Waals surface area contributed by atoms with Crippen molar-refractivity contribution in [3.63, 3.8) is 0 Å². The maximum atomic E-state index is 13.5. The molecule has 5 rings (SSSR count). The van der Waals surface area contributed by atoms with Gasteiger partial charge in [-0.3, -0.25) is 18.9 Å². The second-order valence-corrected chi connectivity index (χ2v) is 10.8. The molecule has 194 valence electrons. The van der Waals surface area contributed by atoms with Crippen molar-refractivity contribution < 1.29 is 19.4 Å². The zero-order valence-corrected chi connectivity index (χ0v) is 21.9. The minimum atomic E-state index is -0.691. The van der Waals surface area contributed by atoms with Crippen LogP contribution in [0.2, 0.25) is 0 Å². The first-order chi connectivity index (χ1) is 17.7. The molecule has 2 fully saturated rings. The molecule has 2 aliphatic heterocycles. The maximum Gasteiger partial charge on any atom is 0.295 e. The predicted molar refractivity (Wildman–Crippen MR) is 141 cm³/mol. The number of rotatable bonds is 5. The van der Waals surface area contributed by atoms with Gasteiger partial charge in [-0.2, -0.15) is 0 Å². The van der Waals surface area contributed by atoms with Crippen LogP contribution in [0.15, 0.2) is 54.2 Å². The number of Topliss-reactive ketones (excluding diaryl/α,β-unsaturated/α-hetero) is 1. The summed E-state index contributed by atoms with van der Waals surface area (Å²) in [6.07, 6.45) is 1.80. The molecule has 0 radical (unpaired) electrons. The number of likely N-dealkylation sites (tertiary alicyclic amines) is 1. The summed E-state index contributed by atoms with van der Waals surface area (Å²) in [5.41, 5.74) is 3.69. The van der Waals surface area contributed by atoms with Gasteiger partial charge in [0.05, 0.1) is 30.5 Å². The van der Waals surface area contributed by atoms with E-state index in [0.717, 1.165) is 24.2 Å². The largest absolute Gasteiger partial charge is 0.505 e. The normalized spacial score (nSPS) is 20.8. The Morgan fingerprint density at radius 2 is 1.76 bits per heavy atom. The lowest BCUT2D eigenvalue weighted by Crippen LogP contribution is -2.42. The van der Waals surface area contributed by atoms with Crippen LogP contribution in [0.5, 0.6) is 0 Å². The molecule has 1 aromatic carbocycles. The van der Waals surface area contributed by atoms with Crippen LogP contribution in [0.4, 0.5) is 0 Å². The number of aromatic nitrogens is 2. The molecular weight excluding hydrogens is 468 g/mol. The molecule has 0 saturated carbocycles. The summed E-state index contributed by atoms with van der Waals surface area (Å²) in [5.74, 6) is -1.46. The van der Waals surface area contributed by atoms with Gasteiger partial charge in [0.2, 0.25) is 0 Å². The molecule has 0 aliphatic carbocycles. The first-order valence-corrected chi connectivity index (χ1v) is 12.8. The van der Waals surface area contributed by atoms with Crippen LogP contribution in [-0.2, 0) is 19.7 Å². The molecule has 1 atom stereocenters. The summed E-state index contributed by atoms with van der Waals surface area (Å²) in [7, 11) is 0. The zero-order chi connectivity index (χ0) is 26.3. The summed E-state index contributed by atoms with van der Waals surface area (Å²) in [5, 5.41) is 11.6. The van der Waals surface area contributed by atoms with E-state index in [9.17, 15) is 14.7 Å². The van der Waals surface area contributed by atoms with Gasteiger partial charge in [-0.1, -0.05) is 51.1 Å². The molecule has 2 aromatic heterocycles. The Morgan fingerprint density at radius 3 is 2.43 bits per heavy atom. The third kappa shape index (κ3) is 4.67. The fourth-order valence-electron chi connectivity index (χ4n) is 5.22. The fourth-order valence-corrected chi connectivity index (χ4v) is 5.22. The lowest BCUT2D eigenvalue weighted by atomic mass is 9.85. The number of amides is 1. The van der Waals surface area contributed by atoms with Crippen molar-refractivity contribution >= 4 is 23.1 Å². The van der Waals surface area contributed by atoms with Crippen molar-refractivity contribution in [1.82, 2.24) is 19.2 Å². The van der Waals surface area contributed by atoms with E-state index in [0.29, 0.717) is 43.3 Å². The number of carbonyl (C=O) groups excluding carboxylic acids is 2. The number of aliphatic hydroxyl groups is 1. The Labute approximate surface area is 217 Å². The number of benzene rings is 1. The number of hydrogen-bond donors (Lipinski definition) is 1. The van der Waals surface area contributed by atoms with Crippen molar-refractivity contribution in [2.24, 2.45) is 0 Å². The van der Waals surface area contributed by atoms with Gasteiger partial charge in [-0.15, -0.1) is 0 Å². The van der Waals surface area contributed by atoms with Gasteiger partial charge in [0, 0.05) is 32.4 Å². The molecule has 1 amide bonds. The van der Waals surface area contributed by atoms with E-state index in [1.165, 1.54) is 0 Å². The van der Waals surface area contributed by atoms with Crippen molar-refractivity contribution in [2.45, 2.75) is 39.2 Å². The number of carbonyl (C=O) groups is 2. The Morgan fingerprint density at radius 1 is 1.05 bits per heavy atom. The Hall–Kier alpha value is -3.49. The summed E-state index contributed by atoms with van der Waals surface area (Å²) < 4.78 is 7.21. The van der Waals surface area contributed by atoms with Gasteiger partial charge in [-0.05, 0) is 35.6 Å². The topological polar surface area (TPSA) is 87.4 Å². The molecule has 2 saturated heterocycles. The zero-order valence-electron chi connectivity index (χ0n) is 21.9. The first kappa shape index (κ1) is 25.2. The number of pyridine rings is 1. The molecule has 37 heavy (non-hydrogen) atoms. The Bertz CT molecular complexity index is 1360. The minimum Gasteiger partial charge on any atom is -0.505 e. The van der Waals surface area contributed by atoms with Gasteiger partial charge in [0.25, 0.3) is 11.7 Å². The van der Waals surface area contributed by atoms with E-state index in [1.807, 2.05) is 42.5 Å². The number of morpholine rings is 1. The quantitative estimate of drug-likeness (QED) is 0.325. The van der Waals surface area contributed by atoms with Crippen LogP contribution in [0.3, 0.4) is 0 Å². The second-order valence-electron chi connectivity index (χ2n) is 10.8. The van der Waals surface area contributed by atoms with Crippen molar-refractivity contribution in [1.29, 1.82) is 0 Å². The molecule has 2 aliphatic rings. The van der Waals surface area contributed by atoms with Crippen molar-refractivity contribution in [3.8, 4) is 0 Å². The van der Waals surface area contributed by atoms with E-state index < -0.39 is 17.7 Å². The number of aryl methyl sites for hydroxylation is 1. The third-order valence-electron chi connectivity index (χ3n) is 7.32. The number of imidazole rings is 1. The number of hydrogen-bond acceptors (Lipinski definition) is 6. The van der Waals surface area contributed by atoms with Gasteiger partial charge in [0.15, 0.2) is 5.76 Å². The number of fused-ring (bicyclic) bond motifs is 1. The summed E-state index contributed by atoms with van der Waals surface area (Å²) in [6.45, 7) is 12.1. The third-order valence-corrected chi connectivity index (χ3v) is 7.32. The lowest BCUT2D eigenvalue weighted by Gasteiger charge is -2.31. The molecule has 0 unspecified atom stereocenters. The molecule has 1 N–H and O–H groups in total. The number of aliphatic hydroxyl groups excluding tert-OH is 1. The predicted octanol–water partition coefficient (Wildman–Crippen LogP) is 3.69. The average molecular weight is 503 g/mol. The van der Waals surface area contributed by atoms with Crippen LogP contribution in [-0.4, -0.2) is 75.4 Å². The fraction of sp³-hybridized carbons (Fsp3) is 0.414. The molecule has 0 spiro atoms. The minimum absolute atomic E-state index is 0.0374. The average Bonchev–Trinajstić information content (AvgIpc) is 3.35. The van der Waals surface area contributed by atoms with Gasteiger partial charge >= 0.3 is 0 Å². The number of nitrogens with zero attached hydrogens (tertiary/aromatic N) is 4. The van der Waals surface area contributed by atoms with Gasteiger partial charge in [0.1, 0.15) is 11.3 Å². The van der Waals surface area contributed by atoms with Crippen LogP contribution in [0.25, 0.3) is 11.4 Å². The molecule has 4 heterocycles. The van der Waals surface area contributed by atoms with E-state index in [4.69, 9.17) is 4.74 Å². The van der Waals surface area contributed by atoms with Crippen molar-refractivity contribution in [2.75, 3.05) is 39.4 Å². The number of ether oxygens (including phenoxy) is 1. The van der Waals surface area contributed by atoms with E-state index >= 15 is 0 Å². The van der Waals surface area contributed by atoms with Crippen LogP contribution >= 0.6 is 0 Å². The highest BCUT2D eigenvalue weighted by atomic mass is 16.5. The summed E-state index contributed by atoms with van der Waals surface area (Å²) in [6, 6.07) is 12.9. The molecule has 3 aromatic rings. The Balaban J connectivity index is 1.61. The highest BCUT2D eigenvalue weighted by Crippen LogP contribution is 2.40. The second kappa shape index (κ2) is 9.76. The van der Waals surface area contributed by atoms with E-state index in [1.54, 1.807) is 22.4 Å². The van der Waals surface area contributed by atoms with Crippen molar-refractivity contribution in [3.05, 3.63) is 76.7 Å². The van der Waals surface area contributed by atoms with Crippen LogP contribution in [0, 0.1) is 6.92 Å². The summed E-state index contributed by atoms with van der Waals surface area (Å²) in [4.78, 5) is 35.3. The SMILES string of the molecule is Cc1nc2ccccn2c1/C(O)=C1\C(=O)C(=O)N(CCN2CCOCC2)[C@H]1c1ccc(C(C)(C)C)cc1. The maximum absolute atomic E-state index is 13.5. The highest BCUT2D eigenvalue weighted by Gasteiger charge is 2.46. The van der Waals surface area contributed by atoms with E-state index in [-0.39, 0.29) is 16.7 Å². The van der Waals surface area contributed by atoms with Crippen LogP contribution < -0.4 is 0 Å². The molecule has 0 bridgehead atoms. The molecular formula is C29H34N4O4. The monoisotopic (exact) mass is 502 g/mol. The highest BCUT2D eigenvalue weighted by molar-refractivity contribution is 6.46. The smallest absolute Gasteiger partial charge is 0.295 e.